The van der Waals surface area contributed by atoms with Crippen molar-refractivity contribution in [1.82, 2.24) is 9.55 Å². The van der Waals surface area contributed by atoms with Crippen LogP contribution in [0.25, 0.3) is 11.3 Å². The van der Waals surface area contributed by atoms with E-state index in [2.05, 4.69) is 30.1 Å². The Labute approximate surface area is 95.4 Å². The molecule has 1 aromatic heterocycles. The van der Waals surface area contributed by atoms with Gasteiger partial charge in [0.15, 0.2) is 0 Å². The lowest BCUT2D eigenvalue weighted by atomic mass is 10.1. The topological polar surface area (TPSA) is 38.0 Å². The Morgan fingerprint density at radius 3 is 2.88 bits per heavy atom. The lowest BCUT2D eigenvalue weighted by molar-refractivity contribution is 0.295. The molecule has 0 fully saturated rings. The third-order valence-electron chi connectivity index (χ3n) is 2.62. The first-order valence-corrected chi connectivity index (χ1v) is 5.41. The second-order valence-electron chi connectivity index (χ2n) is 4.00. The maximum absolute atomic E-state index is 8.91. The molecule has 0 saturated carbocycles. The molecule has 0 bridgehead atoms. The summed E-state index contributed by atoms with van der Waals surface area (Å²) in [6, 6.07) is 8.27. The molecule has 0 atom stereocenters. The van der Waals surface area contributed by atoms with E-state index in [9.17, 15) is 0 Å². The van der Waals surface area contributed by atoms with E-state index in [-0.39, 0.29) is 6.61 Å². The maximum Gasteiger partial charge on any atom is 0.111 e. The van der Waals surface area contributed by atoms with Crippen LogP contribution in [0.5, 0.6) is 0 Å². The lowest BCUT2D eigenvalue weighted by Crippen LogP contribution is -1.99. The molecule has 1 N–H and O–H groups in total. The monoisotopic (exact) mass is 216 g/mol. The van der Waals surface area contributed by atoms with Crippen LogP contribution in [0, 0.1) is 6.92 Å². The highest BCUT2D eigenvalue weighted by Gasteiger charge is 2.06. The summed E-state index contributed by atoms with van der Waals surface area (Å²) in [7, 11) is 1.96. The van der Waals surface area contributed by atoms with Crippen LogP contribution in [0.1, 0.15) is 11.4 Å². The zero-order chi connectivity index (χ0) is 11.5. The first-order chi connectivity index (χ1) is 7.70. The van der Waals surface area contributed by atoms with Crippen LogP contribution in [0.15, 0.2) is 30.5 Å². The van der Waals surface area contributed by atoms with Crippen molar-refractivity contribution in [3.63, 3.8) is 0 Å². The van der Waals surface area contributed by atoms with Gasteiger partial charge in [-0.1, -0.05) is 23.8 Å². The molecular formula is C13H16N2O. The average molecular weight is 216 g/mol. The van der Waals surface area contributed by atoms with Gasteiger partial charge < -0.3 is 9.67 Å². The van der Waals surface area contributed by atoms with Gasteiger partial charge in [-0.3, -0.25) is 0 Å². The molecule has 3 heteroatoms. The van der Waals surface area contributed by atoms with Crippen molar-refractivity contribution in [2.75, 3.05) is 6.61 Å². The summed E-state index contributed by atoms with van der Waals surface area (Å²) in [5, 5.41) is 8.91. The van der Waals surface area contributed by atoms with E-state index in [1.54, 1.807) is 0 Å². The predicted octanol–water partition coefficient (Wildman–Crippen LogP) is 1.93. The van der Waals surface area contributed by atoms with Gasteiger partial charge in [-0.05, 0) is 13.0 Å². The molecule has 0 amide bonds. The Kier molecular flexibility index (Phi) is 3.06. The molecule has 16 heavy (non-hydrogen) atoms. The van der Waals surface area contributed by atoms with Crippen molar-refractivity contribution in [1.29, 1.82) is 0 Å². The standard InChI is InChI=1S/C13H16N2O/c1-10-4-3-5-11(8-10)12-9-15(2)13(14-12)6-7-16/h3-5,8-9,16H,6-7H2,1-2H3. The Balaban J connectivity index is 2.37. The van der Waals surface area contributed by atoms with Crippen molar-refractivity contribution in [3.05, 3.63) is 41.9 Å². The number of nitrogens with zero attached hydrogens (tertiary/aromatic N) is 2. The number of aryl methyl sites for hydroxylation is 2. The fourth-order valence-corrected chi connectivity index (χ4v) is 1.78. The third-order valence-corrected chi connectivity index (χ3v) is 2.62. The zero-order valence-electron chi connectivity index (χ0n) is 9.64. The zero-order valence-corrected chi connectivity index (χ0v) is 9.64. The molecule has 0 aliphatic rings. The molecule has 2 rings (SSSR count). The molecule has 0 radical (unpaired) electrons. The normalized spacial score (nSPS) is 10.7. The van der Waals surface area contributed by atoms with E-state index in [4.69, 9.17) is 5.11 Å². The minimum Gasteiger partial charge on any atom is -0.396 e. The van der Waals surface area contributed by atoms with E-state index in [1.807, 2.05) is 23.9 Å². The van der Waals surface area contributed by atoms with Crippen molar-refractivity contribution < 1.29 is 5.11 Å². The largest absolute Gasteiger partial charge is 0.396 e. The highest BCUT2D eigenvalue weighted by molar-refractivity contribution is 5.59. The summed E-state index contributed by atoms with van der Waals surface area (Å²) < 4.78 is 1.97. The molecule has 1 heterocycles. The van der Waals surface area contributed by atoms with E-state index in [0.717, 1.165) is 17.1 Å². The quantitative estimate of drug-likeness (QED) is 0.851. The van der Waals surface area contributed by atoms with Gasteiger partial charge in [0.25, 0.3) is 0 Å². The van der Waals surface area contributed by atoms with Gasteiger partial charge in [0.1, 0.15) is 5.82 Å². The van der Waals surface area contributed by atoms with Gasteiger partial charge in [0, 0.05) is 25.2 Å². The molecule has 2 aromatic rings. The van der Waals surface area contributed by atoms with E-state index in [0.29, 0.717) is 6.42 Å². The smallest absolute Gasteiger partial charge is 0.111 e. The summed E-state index contributed by atoms with van der Waals surface area (Å²) in [5.41, 5.74) is 3.32. The number of benzene rings is 1. The Bertz CT molecular complexity index is 488. The molecule has 3 nitrogen and oxygen atoms in total. The third kappa shape index (κ3) is 2.14. The minimum atomic E-state index is 0.137. The second-order valence-corrected chi connectivity index (χ2v) is 4.00. The second kappa shape index (κ2) is 4.49. The van der Waals surface area contributed by atoms with Crippen LogP contribution < -0.4 is 0 Å². The summed E-state index contributed by atoms with van der Waals surface area (Å²) in [5.74, 6) is 0.916. The van der Waals surface area contributed by atoms with Gasteiger partial charge >= 0.3 is 0 Å². The van der Waals surface area contributed by atoms with E-state index < -0.39 is 0 Å². The average Bonchev–Trinajstić information content (AvgIpc) is 2.61. The molecule has 0 aliphatic carbocycles. The fourth-order valence-electron chi connectivity index (χ4n) is 1.78. The molecule has 1 aromatic carbocycles. The number of aromatic nitrogens is 2. The van der Waals surface area contributed by atoms with Crippen LogP contribution in [-0.4, -0.2) is 21.3 Å². The van der Waals surface area contributed by atoms with Gasteiger partial charge in [-0.25, -0.2) is 4.98 Å². The summed E-state index contributed by atoms with van der Waals surface area (Å²) in [6.07, 6.45) is 2.60. The van der Waals surface area contributed by atoms with Crippen LogP contribution in [0.2, 0.25) is 0 Å². The van der Waals surface area contributed by atoms with Crippen LogP contribution >= 0.6 is 0 Å². The minimum absolute atomic E-state index is 0.137. The SMILES string of the molecule is Cc1cccc(-c2cn(C)c(CCO)n2)c1. The molecule has 0 spiro atoms. The van der Waals surface area contributed by atoms with E-state index in [1.165, 1.54) is 5.56 Å². The molecule has 0 saturated heterocycles. The first kappa shape index (κ1) is 10.9. The first-order valence-electron chi connectivity index (χ1n) is 5.41. The van der Waals surface area contributed by atoms with Crippen molar-refractivity contribution in [3.8, 4) is 11.3 Å². The number of imidazole rings is 1. The summed E-state index contributed by atoms with van der Waals surface area (Å²) >= 11 is 0. The van der Waals surface area contributed by atoms with Crippen LogP contribution in [0.4, 0.5) is 0 Å². The summed E-state index contributed by atoms with van der Waals surface area (Å²) in [4.78, 5) is 4.51. The van der Waals surface area contributed by atoms with Crippen molar-refractivity contribution in [2.45, 2.75) is 13.3 Å². The van der Waals surface area contributed by atoms with Crippen LogP contribution in [0.3, 0.4) is 0 Å². The summed E-state index contributed by atoms with van der Waals surface area (Å²) in [6.45, 7) is 2.21. The molecular weight excluding hydrogens is 200 g/mol. The maximum atomic E-state index is 8.91. The van der Waals surface area contributed by atoms with Crippen LogP contribution in [-0.2, 0) is 13.5 Å². The van der Waals surface area contributed by atoms with Crippen molar-refractivity contribution >= 4 is 0 Å². The number of hydrogen-bond acceptors (Lipinski definition) is 2. The van der Waals surface area contributed by atoms with Crippen molar-refractivity contribution in [2.24, 2.45) is 7.05 Å². The Morgan fingerprint density at radius 2 is 2.19 bits per heavy atom. The predicted molar refractivity (Wildman–Crippen MR) is 64.2 cm³/mol. The molecule has 84 valence electrons. The molecule has 0 aliphatic heterocycles. The van der Waals surface area contributed by atoms with Gasteiger partial charge in [-0.15, -0.1) is 0 Å². The highest BCUT2D eigenvalue weighted by Crippen LogP contribution is 2.19. The lowest BCUT2D eigenvalue weighted by Gasteiger charge is -1.97. The fraction of sp³-hybridized carbons (Fsp3) is 0.308. The molecule has 0 unspecified atom stereocenters. The Morgan fingerprint density at radius 1 is 1.38 bits per heavy atom. The number of hydrogen-bond donors (Lipinski definition) is 1. The van der Waals surface area contributed by atoms with Gasteiger partial charge in [-0.2, -0.15) is 0 Å². The number of rotatable bonds is 3. The van der Waals surface area contributed by atoms with Gasteiger partial charge in [0.05, 0.1) is 12.3 Å². The number of aliphatic hydroxyl groups excluding tert-OH is 1. The number of aliphatic hydroxyl groups is 1. The Hall–Kier alpha value is -1.61. The van der Waals surface area contributed by atoms with Gasteiger partial charge in [0.2, 0.25) is 0 Å². The van der Waals surface area contributed by atoms with E-state index >= 15 is 0 Å². The highest BCUT2D eigenvalue weighted by atomic mass is 16.3.